The average molecular weight is 486 g/mol. The Morgan fingerprint density at radius 2 is 1.80 bits per heavy atom. The molecule has 1 amide bonds. The number of hydrogen-bond acceptors (Lipinski definition) is 6. The fourth-order valence-corrected chi connectivity index (χ4v) is 4.56. The number of amides is 1. The molecule has 0 radical (unpaired) electrons. The number of hydrogen-bond donors (Lipinski definition) is 2. The Bertz CT molecular complexity index is 1640. The molecule has 0 aliphatic heterocycles. The Labute approximate surface area is 203 Å². The van der Waals surface area contributed by atoms with Crippen molar-refractivity contribution in [3.05, 3.63) is 98.8 Å². The van der Waals surface area contributed by atoms with Gasteiger partial charge in [-0.1, -0.05) is 47.7 Å². The van der Waals surface area contributed by atoms with Crippen LogP contribution >= 0.6 is 11.8 Å². The highest BCUT2D eigenvalue weighted by atomic mass is 32.2. The number of nitrogens with zero attached hydrogens (tertiary/aromatic N) is 3. The first kappa shape index (κ1) is 22.4. The second-order valence-corrected chi connectivity index (χ2v) is 8.85. The molecule has 2 heterocycles. The van der Waals surface area contributed by atoms with E-state index in [1.54, 1.807) is 0 Å². The van der Waals surface area contributed by atoms with Crippen LogP contribution in [0.5, 0.6) is 0 Å². The highest BCUT2D eigenvalue weighted by Gasteiger charge is 2.18. The largest absolute Gasteiger partial charge is 0.349 e. The van der Waals surface area contributed by atoms with Crippen molar-refractivity contribution in [3.8, 4) is 5.69 Å². The number of para-hydroxylation sites is 1. The minimum atomic E-state index is -0.502. The summed E-state index contributed by atoms with van der Waals surface area (Å²) < 4.78 is 1.50. The van der Waals surface area contributed by atoms with Crippen LogP contribution < -0.4 is 10.9 Å². The zero-order valence-corrected chi connectivity index (χ0v) is 19.3. The summed E-state index contributed by atoms with van der Waals surface area (Å²) in [5, 5.41) is 14.8. The van der Waals surface area contributed by atoms with Gasteiger partial charge in [-0.2, -0.15) is 0 Å². The van der Waals surface area contributed by atoms with Gasteiger partial charge in [-0.3, -0.25) is 24.3 Å². The quantitative estimate of drug-likeness (QED) is 0.154. The molecule has 174 valence electrons. The molecule has 0 fully saturated rings. The van der Waals surface area contributed by atoms with Crippen molar-refractivity contribution < 1.29 is 9.72 Å². The van der Waals surface area contributed by atoms with E-state index in [1.807, 2.05) is 55.5 Å². The Hall–Kier alpha value is -4.44. The monoisotopic (exact) mass is 485 g/mol. The summed E-state index contributed by atoms with van der Waals surface area (Å²) in [4.78, 5) is 44.4. The van der Waals surface area contributed by atoms with E-state index in [0.717, 1.165) is 28.2 Å². The third kappa shape index (κ3) is 4.38. The standard InChI is InChI=1S/C25H19N5O4S/c1-15-6-10-17(11-7-15)29-24(32)23-22(19-4-2-3-5-20(19)27-23)28-25(29)35-14-21(31)26-16-8-12-18(13-9-16)30(33)34/h2-13,27H,14H2,1H3,(H,26,31). The minimum absolute atomic E-state index is 0.0108. The first-order valence-electron chi connectivity index (χ1n) is 10.7. The number of fused-ring (bicyclic) bond motifs is 3. The number of non-ortho nitro benzene ring substituents is 1. The van der Waals surface area contributed by atoms with Gasteiger partial charge < -0.3 is 10.3 Å². The Kier molecular flexibility index (Phi) is 5.79. The number of anilines is 1. The molecular weight excluding hydrogens is 466 g/mol. The first-order chi connectivity index (χ1) is 16.9. The van der Waals surface area contributed by atoms with Gasteiger partial charge in [-0.15, -0.1) is 0 Å². The maximum absolute atomic E-state index is 13.5. The number of nitro benzene ring substituents is 1. The number of carbonyl (C=O) groups is 1. The topological polar surface area (TPSA) is 123 Å². The van der Waals surface area contributed by atoms with Gasteiger partial charge in [-0.25, -0.2) is 4.98 Å². The number of nitro groups is 1. The molecule has 0 aliphatic carbocycles. The number of benzene rings is 3. The number of thioether (sulfide) groups is 1. The number of aromatic amines is 1. The van der Waals surface area contributed by atoms with Crippen LogP contribution in [0.25, 0.3) is 27.6 Å². The lowest BCUT2D eigenvalue weighted by Crippen LogP contribution is -2.23. The molecule has 0 aliphatic rings. The van der Waals surface area contributed by atoms with Gasteiger partial charge in [-0.05, 0) is 37.3 Å². The van der Waals surface area contributed by atoms with Crippen LogP contribution in [-0.2, 0) is 4.79 Å². The average Bonchev–Trinajstić information content (AvgIpc) is 3.23. The summed E-state index contributed by atoms with van der Waals surface area (Å²) in [6, 6.07) is 20.6. The van der Waals surface area contributed by atoms with E-state index < -0.39 is 4.92 Å². The van der Waals surface area contributed by atoms with Crippen LogP contribution in [0.15, 0.2) is 82.7 Å². The molecule has 0 bridgehead atoms. The van der Waals surface area contributed by atoms with Gasteiger partial charge in [0.05, 0.1) is 16.4 Å². The molecule has 5 aromatic rings. The maximum Gasteiger partial charge on any atom is 0.283 e. The minimum Gasteiger partial charge on any atom is -0.349 e. The van der Waals surface area contributed by atoms with Crippen molar-refractivity contribution in [1.82, 2.24) is 14.5 Å². The summed E-state index contributed by atoms with van der Waals surface area (Å²) in [6.07, 6.45) is 0. The Morgan fingerprint density at radius 1 is 1.09 bits per heavy atom. The predicted molar refractivity (Wildman–Crippen MR) is 136 cm³/mol. The molecule has 0 saturated heterocycles. The van der Waals surface area contributed by atoms with Crippen LogP contribution in [0.4, 0.5) is 11.4 Å². The van der Waals surface area contributed by atoms with E-state index in [4.69, 9.17) is 4.98 Å². The van der Waals surface area contributed by atoms with E-state index in [9.17, 15) is 19.7 Å². The molecule has 9 nitrogen and oxygen atoms in total. The molecule has 0 unspecified atom stereocenters. The summed E-state index contributed by atoms with van der Waals surface area (Å²) >= 11 is 1.14. The normalized spacial score (nSPS) is 11.1. The van der Waals surface area contributed by atoms with Gasteiger partial charge in [0, 0.05) is 28.7 Å². The Balaban J connectivity index is 1.50. The van der Waals surface area contributed by atoms with Crippen molar-refractivity contribution >= 4 is 51.0 Å². The van der Waals surface area contributed by atoms with Crippen molar-refractivity contribution in [2.45, 2.75) is 12.1 Å². The number of rotatable bonds is 6. The molecule has 35 heavy (non-hydrogen) atoms. The van der Waals surface area contributed by atoms with E-state index >= 15 is 0 Å². The molecule has 2 N–H and O–H groups in total. The smallest absolute Gasteiger partial charge is 0.283 e. The lowest BCUT2D eigenvalue weighted by Gasteiger charge is -2.12. The van der Waals surface area contributed by atoms with E-state index in [0.29, 0.717) is 27.6 Å². The number of carbonyl (C=O) groups excluding carboxylic acids is 1. The van der Waals surface area contributed by atoms with Crippen molar-refractivity contribution in [1.29, 1.82) is 0 Å². The van der Waals surface area contributed by atoms with E-state index in [-0.39, 0.29) is 22.9 Å². The lowest BCUT2D eigenvalue weighted by atomic mass is 10.2. The van der Waals surface area contributed by atoms with Crippen LogP contribution in [0.3, 0.4) is 0 Å². The summed E-state index contributed by atoms with van der Waals surface area (Å²) in [5.41, 5.74) is 3.57. The van der Waals surface area contributed by atoms with Crippen LogP contribution in [0.1, 0.15) is 5.56 Å². The lowest BCUT2D eigenvalue weighted by molar-refractivity contribution is -0.384. The molecule has 3 aromatic carbocycles. The van der Waals surface area contributed by atoms with Crippen molar-refractivity contribution in [2.75, 3.05) is 11.1 Å². The van der Waals surface area contributed by atoms with Gasteiger partial charge >= 0.3 is 0 Å². The molecule has 10 heteroatoms. The molecule has 0 atom stereocenters. The Morgan fingerprint density at radius 3 is 2.51 bits per heavy atom. The fraction of sp³-hybridized carbons (Fsp3) is 0.0800. The molecule has 0 spiro atoms. The van der Waals surface area contributed by atoms with Gasteiger partial charge in [0.2, 0.25) is 5.91 Å². The second kappa shape index (κ2) is 9.07. The van der Waals surface area contributed by atoms with Gasteiger partial charge in [0.25, 0.3) is 11.2 Å². The predicted octanol–water partition coefficient (Wildman–Crippen LogP) is 4.81. The summed E-state index contributed by atoms with van der Waals surface area (Å²) in [7, 11) is 0. The first-order valence-corrected chi connectivity index (χ1v) is 11.7. The van der Waals surface area contributed by atoms with Gasteiger partial charge in [0.15, 0.2) is 5.16 Å². The third-order valence-corrected chi connectivity index (χ3v) is 6.42. The number of H-pyrrole nitrogens is 1. The van der Waals surface area contributed by atoms with Gasteiger partial charge in [0.1, 0.15) is 11.0 Å². The molecule has 2 aromatic heterocycles. The van der Waals surface area contributed by atoms with Crippen LogP contribution in [0, 0.1) is 17.0 Å². The fourth-order valence-electron chi connectivity index (χ4n) is 3.75. The summed E-state index contributed by atoms with van der Waals surface area (Å²) in [6.45, 7) is 1.96. The zero-order valence-electron chi connectivity index (χ0n) is 18.5. The highest BCUT2D eigenvalue weighted by molar-refractivity contribution is 7.99. The van der Waals surface area contributed by atoms with Crippen LogP contribution in [-0.4, -0.2) is 31.1 Å². The van der Waals surface area contributed by atoms with E-state index in [2.05, 4.69) is 10.3 Å². The van der Waals surface area contributed by atoms with Crippen molar-refractivity contribution in [2.24, 2.45) is 0 Å². The summed E-state index contributed by atoms with van der Waals surface area (Å²) in [5.74, 6) is -0.337. The molecule has 0 saturated carbocycles. The number of nitrogens with one attached hydrogen (secondary N) is 2. The molecule has 5 rings (SSSR count). The maximum atomic E-state index is 13.5. The van der Waals surface area contributed by atoms with Crippen molar-refractivity contribution in [3.63, 3.8) is 0 Å². The number of aromatic nitrogens is 3. The number of aryl methyl sites for hydroxylation is 1. The van der Waals surface area contributed by atoms with Crippen LogP contribution in [0.2, 0.25) is 0 Å². The second-order valence-electron chi connectivity index (χ2n) is 7.91. The SMILES string of the molecule is Cc1ccc(-n2c(SCC(=O)Nc3ccc([N+](=O)[O-])cc3)nc3c([nH]c4ccccc43)c2=O)cc1. The highest BCUT2D eigenvalue weighted by Crippen LogP contribution is 2.26. The van der Waals surface area contributed by atoms with E-state index in [1.165, 1.54) is 28.8 Å². The zero-order chi connectivity index (χ0) is 24.5. The third-order valence-electron chi connectivity index (χ3n) is 5.48. The molecular formula is C25H19N5O4S.